The normalized spacial score (nSPS) is 20.1. The maximum atomic E-state index is 11.9. The lowest BCUT2D eigenvalue weighted by Crippen LogP contribution is -2.51. The maximum absolute atomic E-state index is 11.9. The van der Waals surface area contributed by atoms with Crippen molar-refractivity contribution in [1.29, 1.82) is 0 Å². The number of carbonyl (C=O) groups excluding carboxylic acids is 1. The van der Waals surface area contributed by atoms with E-state index < -0.39 is 6.09 Å². The molecule has 1 aliphatic rings. The highest BCUT2D eigenvalue weighted by Crippen LogP contribution is 2.13. The molecule has 2 rings (SSSR count). The minimum absolute atomic E-state index is 0.121. The van der Waals surface area contributed by atoms with Gasteiger partial charge < -0.3 is 14.6 Å². The summed E-state index contributed by atoms with van der Waals surface area (Å²) in [6, 6.07) is 8.55. The third-order valence-corrected chi connectivity index (χ3v) is 2.62. The Morgan fingerprint density at radius 2 is 2.24 bits per heavy atom. The highest BCUT2D eigenvalue weighted by atomic mass is 16.6. The smallest absolute Gasteiger partial charge is 0.410 e. The molecule has 1 atom stereocenters. The number of carbonyl (C=O) groups is 1. The monoisotopic (exact) mass is 237 g/mol. The first-order valence-electron chi connectivity index (χ1n) is 5.53. The zero-order valence-electron chi connectivity index (χ0n) is 9.41. The Hall–Kier alpha value is -1.59. The molecular formula is C12H15NO4. The van der Waals surface area contributed by atoms with Crippen molar-refractivity contribution in [2.45, 2.75) is 6.04 Å². The molecule has 1 amide bonds. The number of aliphatic hydroxyl groups excluding tert-OH is 1. The summed E-state index contributed by atoms with van der Waals surface area (Å²) in [4.78, 5) is 13.4. The van der Waals surface area contributed by atoms with Gasteiger partial charge in [0.1, 0.15) is 5.75 Å². The molecule has 0 bridgehead atoms. The quantitative estimate of drug-likeness (QED) is 0.829. The van der Waals surface area contributed by atoms with E-state index in [4.69, 9.17) is 14.6 Å². The van der Waals surface area contributed by atoms with Crippen molar-refractivity contribution in [3.63, 3.8) is 0 Å². The topological polar surface area (TPSA) is 59.0 Å². The van der Waals surface area contributed by atoms with Crippen molar-refractivity contribution in [2.75, 3.05) is 26.4 Å². The van der Waals surface area contributed by atoms with E-state index in [1.54, 1.807) is 24.3 Å². The van der Waals surface area contributed by atoms with E-state index in [-0.39, 0.29) is 12.6 Å². The van der Waals surface area contributed by atoms with Crippen molar-refractivity contribution in [3.8, 4) is 5.75 Å². The number of ether oxygens (including phenoxy) is 2. The summed E-state index contributed by atoms with van der Waals surface area (Å²) < 4.78 is 10.4. The minimum atomic E-state index is -0.446. The predicted octanol–water partition coefficient (Wildman–Crippen LogP) is 0.878. The Labute approximate surface area is 99.6 Å². The van der Waals surface area contributed by atoms with Crippen LogP contribution in [0, 0.1) is 0 Å². The second-order valence-electron chi connectivity index (χ2n) is 3.79. The Balaban J connectivity index is 1.99. The molecule has 1 saturated heterocycles. The summed E-state index contributed by atoms with van der Waals surface area (Å²) in [6.07, 6.45) is -0.446. The SMILES string of the molecule is O=C(Oc1ccccc1)N1CCOCC1CO. The molecule has 1 N–H and O–H groups in total. The number of aliphatic hydroxyl groups is 1. The van der Waals surface area contributed by atoms with Gasteiger partial charge in [-0.05, 0) is 12.1 Å². The summed E-state index contributed by atoms with van der Waals surface area (Å²) in [6.45, 7) is 1.14. The third-order valence-electron chi connectivity index (χ3n) is 2.62. The summed E-state index contributed by atoms with van der Waals surface area (Å²) in [5.74, 6) is 0.501. The number of rotatable bonds is 2. The number of para-hydroxylation sites is 1. The molecule has 5 heteroatoms. The average Bonchev–Trinajstić information content (AvgIpc) is 2.40. The Kier molecular flexibility index (Phi) is 3.95. The standard InChI is InChI=1S/C12H15NO4/c14-8-10-9-16-7-6-13(10)12(15)17-11-4-2-1-3-5-11/h1-5,10,14H,6-9H2. The van der Waals surface area contributed by atoms with E-state index in [1.807, 2.05) is 6.07 Å². The number of hydrogen-bond donors (Lipinski definition) is 1. The molecule has 1 heterocycles. The zero-order chi connectivity index (χ0) is 12.1. The van der Waals surface area contributed by atoms with Crippen molar-refractivity contribution in [2.24, 2.45) is 0 Å². The van der Waals surface area contributed by atoms with Crippen LogP contribution in [0.3, 0.4) is 0 Å². The number of amides is 1. The molecule has 0 aliphatic carbocycles. The van der Waals surface area contributed by atoms with E-state index in [9.17, 15) is 4.79 Å². The van der Waals surface area contributed by atoms with Crippen LogP contribution in [-0.2, 0) is 4.74 Å². The average molecular weight is 237 g/mol. The van der Waals surface area contributed by atoms with E-state index in [2.05, 4.69) is 0 Å². The predicted molar refractivity (Wildman–Crippen MR) is 60.9 cm³/mol. The first kappa shape index (κ1) is 11.9. The second kappa shape index (κ2) is 5.65. The number of nitrogens with zero attached hydrogens (tertiary/aromatic N) is 1. The van der Waals surface area contributed by atoms with Crippen molar-refractivity contribution in [1.82, 2.24) is 4.90 Å². The van der Waals surface area contributed by atoms with Gasteiger partial charge >= 0.3 is 6.09 Å². The van der Waals surface area contributed by atoms with Crippen molar-refractivity contribution in [3.05, 3.63) is 30.3 Å². The lowest BCUT2D eigenvalue weighted by molar-refractivity contribution is -0.0166. The van der Waals surface area contributed by atoms with E-state index in [1.165, 1.54) is 4.90 Å². The van der Waals surface area contributed by atoms with E-state index in [0.717, 1.165) is 0 Å². The summed E-state index contributed by atoms with van der Waals surface area (Å²) in [5.41, 5.74) is 0. The van der Waals surface area contributed by atoms with Crippen LogP contribution in [0.5, 0.6) is 5.75 Å². The number of hydrogen-bond acceptors (Lipinski definition) is 4. The summed E-state index contributed by atoms with van der Waals surface area (Å²) in [7, 11) is 0. The molecule has 92 valence electrons. The highest BCUT2D eigenvalue weighted by molar-refractivity contribution is 5.71. The van der Waals surface area contributed by atoms with Gasteiger partial charge in [-0.1, -0.05) is 18.2 Å². The Bertz CT molecular complexity index is 368. The number of morpholine rings is 1. The lowest BCUT2D eigenvalue weighted by atomic mass is 10.2. The van der Waals surface area contributed by atoms with Gasteiger partial charge in [-0.15, -0.1) is 0 Å². The van der Waals surface area contributed by atoms with Crippen LogP contribution in [0.1, 0.15) is 0 Å². The lowest BCUT2D eigenvalue weighted by Gasteiger charge is -2.33. The van der Waals surface area contributed by atoms with Crippen LogP contribution < -0.4 is 4.74 Å². The van der Waals surface area contributed by atoms with Crippen LogP contribution in [-0.4, -0.2) is 48.5 Å². The van der Waals surface area contributed by atoms with Crippen LogP contribution in [0.15, 0.2) is 30.3 Å². The molecule has 0 aromatic heterocycles. The Morgan fingerprint density at radius 3 is 2.94 bits per heavy atom. The van der Waals surface area contributed by atoms with Crippen molar-refractivity contribution >= 4 is 6.09 Å². The van der Waals surface area contributed by atoms with Crippen molar-refractivity contribution < 1.29 is 19.4 Å². The first-order chi connectivity index (χ1) is 8.31. The summed E-state index contributed by atoms with van der Waals surface area (Å²) >= 11 is 0. The van der Waals surface area contributed by atoms with Gasteiger partial charge in [0.25, 0.3) is 0 Å². The molecule has 5 nitrogen and oxygen atoms in total. The highest BCUT2D eigenvalue weighted by Gasteiger charge is 2.28. The fourth-order valence-electron chi connectivity index (χ4n) is 1.69. The van der Waals surface area contributed by atoms with Gasteiger partial charge in [0, 0.05) is 6.54 Å². The fraction of sp³-hybridized carbons (Fsp3) is 0.417. The van der Waals surface area contributed by atoms with Gasteiger partial charge in [0.05, 0.1) is 25.9 Å². The van der Waals surface area contributed by atoms with Gasteiger partial charge in [0.15, 0.2) is 0 Å². The van der Waals surface area contributed by atoms with Gasteiger partial charge in [-0.25, -0.2) is 4.79 Å². The van der Waals surface area contributed by atoms with Crippen LogP contribution in [0.4, 0.5) is 4.79 Å². The molecule has 1 aromatic carbocycles. The molecule has 0 radical (unpaired) electrons. The van der Waals surface area contributed by atoms with Gasteiger partial charge in [-0.3, -0.25) is 4.90 Å². The number of benzene rings is 1. The van der Waals surface area contributed by atoms with Crippen LogP contribution >= 0.6 is 0 Å². The molecule has 17 heavy (non-hydrogen) atoms. The third kappa shape index (κ3) is 2.95. The molecule has 1 aromatic rings. The van der Waals surface area contributed by atoms with E-state index in [0.29, 0.717) is 25.5 Å². The molecule has 0 spiro atoms. The molecular weight excluding hydrogens is 222 g/mol. The maximum Gasteiger partial charge on any atom is 0.415 e. The minimum Gasteiger partial charge on any atom is -0.410 e. The molecule has 1 aliphatic heterocycles. The molecule has 0 saturated carbocycles. The largest absolute Gasteiger partial charge is 0.415 e. The van der Waals surface area contributed by atoms with Gasteiger partial charge in [0.2, 0.25) is 0 Å². The first-order valence-corrected chi connectivity index (χ1v) is 5.53. The van der Waals surface area contributed by atoms with Crippen LogP contribution in [0.2, 0.25) is 0 Å². The van der Waals surface area contributed by atoms with E-state index >= 15 is 0 Å². The fourth-order valence-corrected chi connectivity index (χ4v) is 1.69. The second-order valence-corrected chi connectivity index (χ2v) is 3.79. The molecule has 1 unspecified atom stereocenters. The summed E-state index contributed by atoms with van der Waals surface area (Å²) in [5, 5.41) is 9.15. The van der Waals surface area contributed by atoms with Crippen LogP contribution in [0.25, 0.3) is 0 Å². The molecule has 1 fully saturated rings. The van der Waals surface area contributed by atoms with Gasteiger partial charge in [-0.2, -0.15) is 0 Å². The zero-order valence-corrected chi connectivity index (χ0v) is 9.41. The Morgan fingerprint density at radius 1 is 1.47 bits per heavy atom.